The lowest BCUT2D eigenvalue weighted by Gasteiger charge is -2.26. The third-order valence-corrected chi connectivity index (χ3v) is 4.56. The summed E-state index contributed by atoms with van der Waals surface area (Å²) in [6.45, 7) is 5.05. The quantitative estimate of drug-likeness (QED) is 0.741. The van der Waals surface area contributed by atoms with Crippen molar-refractivity contribution in [1.29, 1.82) is 0 Å². The first-order chi connectivity index (χ1) is 10.6. The van der Waals surface area contributed by atoms with Crippen LogP contribution in [0.25, 0.3) is 0 Å². The molecule has 0 aromatic carbocycles. The second kappa shape index (κ2) is 6.81. The summed E-state index contributed by atoms with van der Waals surface area (Å²) in [6.07, 6.45) is 2.46. The van der Waals surface area contributed by atoms with Crippen LogP contribution in [0.15, 0.2) is 16.5 Å². The van der Waals surface area contributed by atoms with Crippen molar-refractivity contribution in [3.05, 3.63) is 23.7 Å². The highest BCUT2D eigenvalue weighted by Crippen LogP contribution is 2.26. The minimum Gasteiger partial charge on any atom is -0.465 e. The number of aryl methyl sites for hydroxylation is 1. The minimum atomic E-state index is -0.419. The number of hydrogen-bond acceptors (Lipinski definition) is 5. The maximum Gasteiger partial charge on any atom is 0.237 e. The summed E-state index contributed by atoms with van der Waals surface area (Å²) in [5.41, 5.74) is 0. The van der Waals surface area contributed by atoms with Gasteiger partial charge in [-0.05, 0) is 51.4 Å². The number of nitrogens with zero attached hydrogens (tertiary/aromatic N) is 1. The molecule has 0 spiro atoms. The zero-order valence-corrected chi connectivity index (χ0v) is 13.0. The first-order valence-corrected chi connectivity index (χ1v) is 8.13. The van der Waals surface area contributed by atoms with Crippen molar-refractivity contribution < 1.29 is 14.3 Å². The molecule has 122 valence electrons. The van der Waals surface area contributed by atoms with Crippen LogP contribution in [0.4, 0.5) is 0 Å². The molecule has 0 radical (unpaired) electrons. The molecule has 6 nitrogen and oxygen atoms in total. The Balaban J connectivity index is 1.61. The van der Waals surface area contributed by atoms with Gasteiger partial charge >= 0.3 is 0 Å². The largest absolute Gasteiger partial charge is 0.465 e. The Morgan fingerprint density at radius 3 is 2.86 bits per heavy atom. The molecule has 2 aliphatic rings. The number of aliphatic hydroxyl groups is 1. The molecule has 2 fully saturated rings. The molecular formula is C16H25N3O3. The van der Waals surface area contributed by atoms with Gasteiger partial charge in [-0.3, -0.25) is 9.69 Å². The van der Waals surface area contributed by atoms with Crippen molar-refractivity contribution >= 4 is 5.91 Å². The summed E-state index contributed by atoms with van der Waals surface area (Å²) in [6, 6.07) is 3.77. The van der Waals surface area contributed by atoms with Crippen LogP contribution in [0.5, 0.6) is 0 Å². The molecule has 1 aromatic heterocycles. The Kier molecular flexibility index (Phi) is 4.81. The van der Waals surface area contributed by atoms with E-state index in [1.807, 2.05) is 19.1 Å². The number of likely N-dealkylation sites (tertiary alicyclic amines) is 1. The molecule has 1 amide bonds. The van der Waals surface area contributed by atoms with Gasteiger partial charge in [0.25, 0.3) is 0 Å². The molecule has 3 rings (SSSR count). The standard InChI is InChI=1S/C16H25N3O3/c1-11-4-5-15(22-11)14(19-6-2-3-7-19)10-18-16(21)13-8-12(20)9-17-13/h4-5,12-14,17,20H,2-3,6-10H2,1H3,(H,18,21). The maximum absolute atomic E-state index is 12.2. The molecule has 22 heavy (non-hydrogen) atoms. The molecule has 2 aliphatic heterocycles. The van der Waals surface area contributed by atoms with Crippen molar-refractivity contribution in [2.45, 2.75) is 44.4 Å². The van der Waals surface area contributed by atoms with E-state index in [0.29, 0.717) is 19.5 Å². The molecule has 3 heterocycles. The molecule has 0 aliphatic carbocycles. The van der Waals surface area contributed by atoms with E-state index in [1.165, 1.54) is 12.8 Å². The van der Waals surface area contributed by atoms with Gasteiger partial charge in [0.05, 0.1) is 18.2 Å². The summed E-state index contributed by atoms with van der Waals surface area (Å²) in [4.78, 5) is 14.6. The first-order valence-electron chi connectivity index (χ1n) is 8.13. The molecule has 3 atom stereocenters. The van der Waals surface area contributed by atoms with E-state index in [4.69, 9.17) is 4.42 Å². The monoisotopic (exact) mass is 307 g/mol. The summed E-state index contributed by atoms with van der Waals surface area (Å²) >= 11 is 0. The van der Waals surface area contributed by atoms with Gasteiger partial charge < -0.3 is 20.2 Å². The van der Waals surface area contributed by atoms with Gasteiger partial charge in [-0.2, -0.15) is 0 Å². The van der Waals surface area contributed by atoms with Crippen LogP contribution in [0.2, 0.25) is 0 Å². The van der Waals surface area contributed by atoms with Gasteiger partial charge in [0.15, 0.2) is 0 Å². The third kappa shape index (κ3) is 3.51. The van der Waals surface area contributed by atoms with Crippen molar-refractivity contribution in [3.8, 4) is 0 Å². The topological polar surface area (TPSA) is 77.7 Å². The van der Waals surface area contributed by atoms with Gasteiger partial charge in [-0.25, -0.2) is 0 Å². The van der Waals surface area contributed by atoms with Crippen LogP contribution in [0.1, 0.15) is 36.8 Å². The molecule has 1 aromatic rings. The number of carbonyl (C=O) groups excluding carboxylic acids is 1. The average molecular weight is 307 g/mol. The third-order valence-electron chi connectivity index (χ3n) is 4.56. The fourth-order valence-corrected chi connectivity index (χ4v) is 3.33. The van der Waals surface area contributed by atoms with E-state index >= 15 is 0 Å². The molecular weight excluding hydrogens is 282 g/mol. The summed E-state index contributed by atoms with van der Waals surface area (Å²) < 4.78 is 5.78. The second-order valence-electron chi connectivity index (χ2n) is 6.30. The highest BCUT2D eigenvalue weighted by molar-refractivity contribution is 5.82. The van der Waals surface area contributed by atoms with Crippen LogP contribution in [0.3, 0.4) is 0 Å². The number of nitrogens with one attached hydrogen (secondary N) is 2. The Hall–Kier alpha value is -1.37. The number of hydrogen-bond donors (Lipinski definition) is 3. The van der Waals surface area contributed by atoms with E-state index in [-0.39, 0.29) is 18.0 Å². The number of amides is 1. The Morgan fingerprint density at radius 2 is 2.27 bits per heavy atom. The highest BCUT2D eigenvalue weighted by Gasteiger charge is 2.30. The maximum atomic E-state index is 12.2. The fourth-order valence-electron chi connectivity index (χ4n) is 3.33. The van der Waals surface area contributed by atoms with E-state index in [1.54, 1.807) is 0 Å². The van der Waals surface area contributed by atoms with Crippen LogP contribution < -0.4 is 10.6 Å². The van der Waals surface area contributed by atoms with Crippen molar-refractivity contribution in [2.75, 3.05) is 26.2 Å². The fraction of sp³-hybridized carbons (Fsp3) is 0.688. The summed E-state index contributed by atoms with van der Waals surface area (Å²) in [5, 5.41) is 15.6. The number of rotatable bonds is 5. The van der Waals surface area contributed by atoms with Gasteiger partial charge in [-0.1, -0.05) is 0 Å². The zero-order chi connectivity index (χ0) is 15.5. The summed E-state index contributed by atoms with van der Waals surface area (Å²) in [7, 11) is 0. The molecule has 6 heteroatoms. The Bertz CT molecular complexity index is 510. The van der Waals surface area contributed by atoms with Gasteiger partial charge in [0.2, 0.25) is 5.91 Å². The summed E-state index contributed by atoms with van der Waals surface area (Å²) in [5.74, 6) is 1.77. The molecule has 3 unspecified atom stereocenters. The van der Waals surface area contributed by atoms with Gasteiger partial charge in [0.1, 0.15) is 11.5 Å². The SMILES string of the molecule is Cc1ccc(C(CNC(=O)C2CC(O)CN2)N2CCCC2)o1. The van der Waals surface area contributed by atoms with Crippen LogP contribution in [0, 0.1) is 6.92 Å². The van der Waals surface area contributed by atoms with Gasteiger partial charge in [0, 0.05) is 13.1 Å². The minimum absolute atomic E-state index is 0.0379. The van der Waals surface area contributed by atoms with E-state index < -0.39 is 6.10 Å². The van der Waals surface area contributed by atoms with Crippen molar-refractivity contribution in [2.24, 2.45) is 0 Å². The Morgan fingerprint density at radius 1 is 1.50 bits per heavy atom. The lowest BCUT2D eigenvalue weighted by molar-refractivity contribution is -0.123. The zero-order valence-electron chi connectivity index (χ0n) is 13.0. The lowest BCUT2D eigenvalue weighted by atomic mass is 10.1. The number of β-amino-alcohol motifs (C(OH)–C–C–N with tert-alkyl or cyclic N) is 1. The molecule has 2 saturated heterocycles. The normalized spacial score (nSPS) is 27.2. The lowest BCUT2D eigenvalue weighted by Crippen LogP contribution is -2.44. The molecule has 3 N–H and O–H groups in total. The average Bonchev–Trinajstić information content (AvgIpc) is 3.21. The van der Waals surface area contributed by atoms with Crippen LogP contribution >= 0.6 is 0 Å². The molecule has 0 bridgehead atoms. The van der Waals surface area contributed by atoms with Crippen LogP contribution in [-0.4, -0.2) is 54.2 Å². The van der Waals surface area contributed by atoms with E-state index in [0.717, 1.165) is 24.6 Å². The number of carbonyl (C=O) groups is 1. The predicted molar refractivity (Wildman–Crippen MR) is 82.4 cm³/mol. The first kappa shape index (κ1) is 15.5. The number of furan rings is 1. The van der Waals surface area contributed by atoms with E-state index in [9.17, 15) is 9.90 Å². The van der Waals surface area contributed by atoms with Gasteiger partial charge in [-0.15, -0.1) is 0 Å². The second-order valence-corrected chi connectivity index (χ2v) is 6.30. The van der Waals surface area contributed by atoms with Crippen LogP contribution in [-0.2, 0) is 4.79 Å². The predicted octanol–water partition coefficient (Wildman–Crippen LogP) is 0.564. The van der Waals surface area contributed by atoms with E-state index in [2.05, 4.69) is 15.5 Å². The Labute approximate surface area is 130 Å². The number of aliphatic hydroxyl groups excluding tert-OH is 1. The smallest absolute Gasteiger partial charge is 0.237 e. The highest BCUT2D eigenvalue weighted by atomic mass is 16.3. The van der Waals surface area contributed by atoms with Crippen molar-refractivity contribution in [3.63, 3.8) is 0 Å². The van der Waals surface area contributed by atoms with Crippen molar-refractivity contribution in [1.82, 2.24) is 15.5 Å². The molecule has 0 saturated carbocycles.